The second kappa shape index (κ2) is 7.75. The van der Waals surface area contributed by atoms with Crippen molar-refractivity contribution < 1.29 is 17.3 Å². The molecule has 1 saturated heterocycles. The highest BCUT2D eigenvalue weighted by Gasteiger charge is 2.53. The first-order valence-electron chi connectivity index (χ1n) is 11.1. The van der Waals surface area contributed by atoms with E-state index in [1.165, 1.54) is 27.9 Å². The quantitative estimate of drug-likeness (QED) is 0.564. The molecule has 2 bridgehead atoms. The van der Waals surface area contributed by atoms with Gasteiger partial charge >= 0.3 is 10.1 Å². The summed E-state index contributed by atoms with van der Waals surface area (Å²) in [7, 11) is -3.84. The van der Waals surface area contributed by atoms with E-state index in [4.69, 9.17) is 8.92 Å². The van der Waals surface area contributed by atoms with Crippen LogP contribution in [0.4, 0.5) is 0 Å². The molecule has 0 amide bonds. The van der Waals surface area contributed by atoms with Crippen LogP contribution >= 0.6 is 0 Å². The Bertz CT molecular complexity index is 1250. The van der Waals surface area contributed by atoms with Gasteiger partial charge in [-0.25, -0.2) is 0 Å². The molecule has 4 aliphatic rings. The highest BCUT2D eigenvalue weighted by Crippen LogP contribution is 2.50. The fourth-order valence-corrected chi connectivity index (χ4v) is 6.45. The lowest BCUT2D eigenvalue weighted by molar-refractivity contribution is 0.114. The molecule has 1 fully saturated rings. The molecule has 32 heavy (non-hydrogen) atoms. The van der Waals surface area contributed by atoms with E-state index in [0.717, 1.165) is 11.1 Å². The van der Waals surface area contributed by atoms with E-state index >= 15 is 0 Å². The summed E-state index contributed by atoms with van der Waals surface area (Å²) in [5.41, 5.74) is 8.12. The summed E-state index contributed by atoms with van der Waals surface area (Å²) in [4.78, 5) is 0. The third-order valence-corrected chi connectivity index (χ3v) is 8.34. The highest BCUT2D eigenvalue weighted by atomic mass is 32.2. The lowest BCUT2D eigenvalue weighted by Crippen LogP contribution is -2.36. The Morgan fingerprint density at radius 3 is 2.44 bits per heavy atom. The number of hydrogen-bond donors (Lipinski definition) is 0. The van der Waals surface area contributed by atoms with Crippen LogP contribution in [0.3, 0.4) is 0 Å². The zero-order valence-corrected chi connectivity index (χ0v) is 19.6. The summed E-state index contributed by atoms with van der Waals surface area (Å²) >= 11 is 0. The van der Waals surface area contributed by atoms with Crippen LogP contribution in [0.5, 0.6) is 5.75 Å². The topological polar surface area (TPSA) is 52.6 Å². The Morgan fingerprint density at radius 1 is 1.00 bits per heavy atom. The van der Waals surface area contributed by atoms with Crippen molar-refractivity contribution in [2.75, 3.05) is 0 Å². The Balaban J connectivity index is 1.55. The largest absolute Gasteiger partial charge is 0.382 e. The molecule has 0 spiro atoms. The number of rotatable bonds is 4. The van der Waals surface area contributed by atoms with Gasteiger partial charge in [-0.2, -0.15) is 8.42 Å². The molecule has 1 aromatic carbocycles. The van der Waals surface area contributed by atoms with Crippen LogP contribution in [-0.4, -0.2) is 25.9 Å². The van der Waals surface area contributed by atoms with E-state index in [0.29, 0.717) is 18.1 Å². The van der Waals surface area contributed by atoms with Gasteiger partial charge in [0.15, 0.2) is 0 Å². The van der Waals surface area contributed by atoms with Crippen LogP contribution < -0.4 is 4.18 Å². The van der Waals surface area contributed by atoms with Gasteiger partial charge in [0.1, 0.15) is 17.1 Å². The normalized spacial score (nSPS) is 26.9. The van der Waals surface area contributed by atoms with Crippen LogP contribution in [0, 0.1) is 5.92 Å². The molecule has 0 N–H and O–H groups in total. The van der Waals surface area contributed by atoms with Crippen molar-refractivity contribution in [3.8, 4) is 5.75 Å². The van der Waals surface area contributed by atoms with Crippen molar-refractivity contribution in [3.05, 3.63) is 99.7 Å². The van der Waals surface area contributed by atoms with Crippen LogP contribution in [0.25, 0.3) is 0 Å². The van der Waals surface area contributed by atoms with E-state index in [1.54, 1.807) is 24.3 Å². The van der Waals surface area contributed by atoms with Gasteiger partial charge in [-0.15, -0.1) is 0 Å². The van der Waals surface area contributed by atoms with Gasteiger partial charge in [-0.05, 0) is 70.9 Å². The van der Waals surface area contributed by atoms with Gasteiger partial charge < -0.3 is 8.92 Å². The minimum atomic E-state index is -3.84. The van der Waals surface area contributed by atoms with E-state index in [9.17, 15) is 8.42 Å². The van der Waals surface area contributed by atoms with E-state index in [2.05, 4.69) is 52.0 Å². The smallest absolute Gasteiger partial charge is 0.315 e. The average molecular weight is 449 g/mol. The Kier molecular flexibility index (Phi) is 5.14. The molecule has 1 aromatic rings. The highest BCUT2D eigenvalue weighted by molar-refractivity contribution is 7.87. The maximum Gasteiger partial charge on any atom is 0.315 e. The molecule has 2 aliphatic heterocycles. The van der Waals surface area contributed by atoms with Crippen LogP contribution in [-0.2, 0) is 14.9 Å². The first kappa shape index (κ1) is 21.2. The van der Waals surface area contributed by atoms with Crippen LogP contribution in [0.15, 0.2) is 99.7 Å². The lowest BCUT2D eigenvalue weighted by Gasteiger charge is -2.24. The second-order valence-corrected chi connectivity index (χ2v) is 11.0. The standard InChI is InChI=1S/C27H28O4S/c1-16(2)19-12-10-18(4)25-22(14-19)17(3)11-13-21-26(25)23-15-24(27(21)30-23)32(28,29)31-20-8-6-5-7-9-20/h5-14,16,23-24,27H,15H2,1-4H3/t23-,24+,27-/m1/s1. The SMILES string of the molecule is CC1=C2C=C(C(C)C)C=CC(C)=C2C2=C(C=C1)[C@H]1O[C@@H]2C[C@@H]1S(=O)(=O)Oc1ccccc1. The van der Waals surface area contributed by atoms with E-state index < -0.39 is 21.5 Å². The third kappa shape index (κ3) is 3.44. The van der Waals surface area contributed by atoms with Crippen molar-refractivity contribution in [2.24, 2.45) is 5.92 Å². The number of ether oxygens (including phenoxy) is 1. The summed E-state index contributed by atoms with van der Waals surface area (Å²) in [6.07, 6.45) is 10.4. The Morgan fingerprint density at radius 2 is 1.72 bits per heavy atom. The van der Waals surface area contributed by atoms with Gasteiger partial charge in [-0.1, -0.05) is 62.4 Å². The number of allylic oxidation sites excluding steroid dienone is 8. The van der Waals surface area contributed by atoms with Gasteiger partial charge in [0.25, 0.3) is 0 Å². The zero-order chi connectivity index (χ0) is 22.6. The molecule has 3 atom stereocenters. The number of hydrogen-bond acceptors (Lipinski definition) is 4. The molecular weight excluding hydrogens is 420 g/mol. The average Bonchev–Trinajstić information content (AvgIpc) is 3.23. The first-order chi connectivity index (χ1) is 15.3. The summed E-state index contributed by atoms with van der Waals surface area (Å²) in [5.74, 6) is 0.750. The molecule has 166 valence electrons. The van der Waals surface area contributed by atoms with Crippen molar-refractivity contribution in [1.29, 1.82) is 0 Å². The molecule has 5 rings (SSSR count). The number of benzene rings is 1. The molecule has 0 aromatic heterocycles. The second-order valence-electron chi connectivity index (χ2n) is 9.20. The molecule has 5 heteroatoms. The van der Waals surface area contributed by atoms with Crippen molar-refractivity contribution in [1.82, 2.24) is 0 Å². The molecule has 0 unspecified atom stereocenters. The maximum absolute atomic E-state index is 13.1. The summed E-state index contributed by atoms with van der Waals surface area (Å²) in [5, 5.41) is -0.720. The molecule has 0 saturated carbocycles. The van der Waals surface area contributed by atoms with Crippen molar-refractivity contribution in [2.45, 2.75) is 51.6 Å². The zero-order valence-electron chi connectivity index (χ0n) is 18.8. The molecule has 2 aliphatic carbocycles. The predicted octanol–water partition coefficient (Wildman–Crippen LogP) is 5.59. The third-order valence-electron chi connectivity index (χ3n) is 6.74. The first-order valence-corrected chi connectivity index (χ1v) is 12.6. The molecule has 0 radical (unpaired) electrons. The van der Waals surface area contributed by atoms with Crippen molar-refractivity contribution >= 4 is 10.1 Å². The Hall–Kier alpha value is -2.63. The van der Waals surface area contributed by atoms with E-state index in [-0.39, 0.29) is 6.10 Å². The predicted molar refractivity (Wildman–Crippen MR) is 127 cm³/mol. The lowest BCUT2D eigenvalue weighted by atomic mass is 9.82. The van der Waals surface area contributed by atoms with Gasteiger partial charge in [0, 0.05) is 6.42 Å². The molecule has 4 nitrogen and oxygen atoms in total. The maximum atomic E-state index is 13.1. The number of fused-ring (bicyclic) bond motifs is 6. The van der Waals surface area contributed by atoms with Gasteiger partial charge in [0.2, 0.25) is 0 Å². The fraction of sp³-hybridized carbons (Fsp3) is 0.333. The van der Waals surface area contributed by atoms with Gasteiger partial charge in [-0.3, -0.25) is 0 Å². The van der Waals surface area contributed by atoms with Gasteiger partial charge in [0.05, 0.1) is 6.10 Å². The minimum absolute atomic E-state index is 0.257. The fourth-order valence-electron chi connectivity index (χ4n) is 5.02. The van der Waals surface area contributed by atoms with Crippen molar-refractivity contribution in [3.63, 3.8) is 0 Å². The molecule has 2 heterocycles. The van der Waals surface area contributed by atoms with Crippen LogP contribution in [0.2, 0.25) is 0 Å². The monoisotopic (exact) mass is 448 g/mol. The summed E-state index contributed by atoms with van der Waals surface area (Å²) in [6.45, 7) is 8.65. The van der Waals surface area contributed by atoms with Crippen LogP contribution in [0.1, 0.15) is 34.1 Å². The molecular formula is C27H28O4S. The Labute approximate surface area is 190 Å². The number of para-hydroxylation sites is 1. The summed E-state index contributed by atoms with van der Waals surface area (Å²) < 4.78 is 38.0. The van der Waals surface area contributed by atoms with E-state index in [1.807, 2.05) is 12.1 Å². The minimum Gasteiger partial charge on any atom is -0.382 e. The summed E-state index contributed by atoms with van der Waals surface area (Å²) in [6, 6.07) is 8.68.